The number of carbonyl (C=O) groups excluding carboxylic acids is 1. The maximum atomic E-state index is 12.2. The molecule has 1 amide bonds. The van der Waals surface area contributed by atoms with Gasteiger partial charge >= 0.3 is 0 Å². The largest absolute Gasteiger partial charge is 0.495 e. The van der Waals surface area contributed by atoms with Crippen LogP contribution in [0.4, 0.5) is 5.69 Å². The molecular formula is C16H17ClN2O2. The quantitative estimate of drug-likeness (QED) is 0.851. The summed E-state index contributed by atoms with van der Waals surface area (Å²) in [4.78, 5) is 12.2. The number of nitrogens with one attached hydrogen (secondary N) is 1. The highest BCUT2D eigenvalue weighted by atomic mass is 35.5. The standard InChI is InChI=1S/C16H17ClN2O2/c1-10(11-3-6-13(17)7-4-11)19-16(20)12-5-8-15(21-2)14(18)9-12/h3-10H,18H2,1-2H3,(H,19,20). The molecule has 0 aliphatic heterocycles. The van der Waals surface area contributed by atoms with E-state index in [-0.39, 0.29) is 11.9 Å². The highest BCUT2D eigenvalue weighted by molar-refractivity contribution is 6.30. The minimum absolute atomic E-state index is 0.127. The number of benzene rings is 2. The average molecular weight is 305 g/mol. The number of hydrogen-bond donors (Lipinski definition) is 2. The molecule has 0 saturated heterocycles. The summed E-state index contributed by atoms with van der Waals surface area (Å²) < 4.78 is 5.07. The van der Waals surface area contributed by atoms with E-state index in [2.05, 4.69) is 5.32 Å². The van der Waals surface area contributed by atoms with Crippen molar-refractivity contribution in [2.24, 2.45) is 0 Å². The zero-order chi connectivity index (χ0) is 15.4. The van der Waals surface area contributed by atoms with Crippen molar-refractivity contribution in [2.45, 2.75) is 13.0 Å². The Morgan fingerprint density at radius 2 is 1.90 bits per heavy atom. The van der Waals surface area contributed by atoms with Gasteiger partial charge in [-0.15, -0.1) is 0 Å². The average Bonchev–Trinajstić information content (AvgIpc) is 2.47. The Labute approximate surface area is 128 Å². The lowest BCUT2D eigenvalue weighted by Crippen LogP contribution is -2.26. The van der Waals surface area contributed by atoms with Crippen LogP contribution in [0, 0.1) is 0 Å². The minimum atomic E-state index is -0.188. The molecule has 2 aromatic carbocycles. The zero-order valence-electron chi connectivity index (χ0n) is 11.9. The van der Waals surface area contributed by atoms with Gasteiger partial charge in [-0.25, -0.2) is 0 Å². The first-order valence-corrected chi connectivity index (χ1v) is 6.89. The summed E-state index contributed by atoms with van der Waals surface area (Å²) in [5.74, 6) is 0.365. The molecule has 0 heterocycles. The fourth-order valence-electron chi connectivity index (χ4n) is 1.99. The number of halogens is 1. The number of rotatable bonds is 4. The Morgan fingerprint density at radius 3 is 2.48 bits per heavy atom. The summed E-state index contributed by atoms with van der Waals surface area (Å²) in [6, 6.07) is 12.2. The monoisotopic (exact) mass is 304 g/mol. The molecule has 0 radical (unpaired) electrons. The van der Waals surface area contributed by atoms with E-state index in [1.165, 1.54) is 7.11 Å². The lowest BCUT2D eigenvalue weighted by molar-refractivity contribution is 0.0940. The van der Waals surface area contributed by atoms with Gasteiger partial charge in [0.15, 0.2) is 0 Å². The van der Waals surface area contributed by atoms with E-state index >= 15 is 0 Å². The van der Waals surface area contributed by atoms with Gasteiger partial charge in [0.1, 0.15) is 5.75 Å². The first-order valence-electron chi connectivity index (χ1n) is 6.51. The summed E-state index contributed by atoms with van der Waals surface area (Å²) in [5, 5.41) is 3.59. The van der Waals surface area contributed by atoms with E-state index < -0.39 is 0 Å². The van der Waals surface area contributed by atoms with Gasteiger partial charge in [-0.1, -0.05) is 23.7 Å². The molecule has 21 heavy (non-hydrogen) atoms. The number of carbonyl (C=O) groups is 1. The van der Waals surface area contributed by atoms with Crippen LogP contribution in [0.3, 0.4) is 0 Å². The molecule has 110 valence electrons. The molecule has 2 aromatic rings. The van der Waals surface area contributed by atoms with Crippen LogP contribution in [0.2, 0.25) is 5.02 Å². The number of ether oxygens (including phenoxy) is 1. The van der Waals surface area contributed by atoms with Gasteiger partial charge in [-0.05, 0) is 42.8 Å². The third kappa shape index (κ3) is 3.67. The Bertz CT molecular complexity index is 641. The van der Waals surface area contributed by atoms with Gasteiger partial charge in [-0.2, -0.15) is 0 Å². The van der Waals surface area contributed by atoms with Crippen molar-refractivity contribution < 1.29 is 9.53 Å². The summed E-state index contributed by atoms with van der Waals surface area (Å²) >= 11 is 5.85. The summed E-state index contributed by atoms with van der Waals surface area (Å²) in [7, 11) is 1.54. The predicted octanol–water partition coefficient (Wildman–Crippen LogP) is 3.42. The molecule has 3 N–H and O–H groups in total. The van der Waals surface area contributed by atoms with Crippen LogP contribution in [-0.4, -0.2) is 13.0 Å². The topological polar surface area (TPSA) is 64.3 Å². The number of hydrogen-bond acceptors (Lipinski definition) is 3. The lowest BCUT2D eigenvalue weighted by atomic mass is 10.1. The molecule has 0 bridgehead atoms. The number of nitrogen functional groups attached to an aromatic ring is 1. The van der Waals surface area contributed by atoms with Crippen LogP contribution in [-0.2, 0) is 0 Å². The molecular weight excluding hydrogens is 288 g/mol. The summed E-state index contributed by atoms with van der Waals surface area (Å²) in [6.07, 6.45) is 0. The van der Waals surface area contributed by atoms with Crippen molar-refractivity contribution in [3.63, 3.8) is 0 Å². The Balaban J connectivity index is 2.10. The number of anilines is 1. The molecule has 0 aliphatic carbocycles. The van der Waals surface area contributed by atoms with E-state index in [0.717, 1.165) is 5.56 Å². The normalized spacial score (nSPS) is 11.8. The van der Waals surface area contributed by atoms with Gasteiger partial charge in [0.05, 0.1) is 18.8 Å². The van der Waals surface area contributed by atoms with E-state index in [9.17, 15) is 4.79 Å². The van der Waals surface area contributed by atoms with Crippen molar-refractivity contribution in [3.05, 3.63) is 58.6 Å². The molecule has 1 unspecified atom stereocenters. The molecule has 0 spiro atoms. The van der Waals surface area contributed by atoms with E-state index in [1.54, 1.807) is 30.3 Å². The second-order valence-electron chi connectivity index (χ2n) is 4.70. The van der Waals surface area contributed by atoms with Crippen LogP contribution in [0.15, 0.2) is 42.5 Å². The maximum absolute atomic E-state index is 12.2. The lowest BCUT2D eigenvalue weighted by Gasteiger charge is -2.15. The molecule has 0 fully saturated rings. The van der Waals surface area contributed by atoms with Gasteiger partial charge in [-0.3, -0.25) is 4.79 Å². The SMILES string of the molecule is COc1ccc(C(=O)NC(C)c2ccc(Cl)cc2)cc1N. The molecule has 0 aliphatic rings. The highest BCUT2D eigenvalue weighted by Gasteiger charge is 2.12. The Morgan fingerprint density at radius 1 is 1.24 bits per heavy atom. The maximum Gasteiger partial charge on any atom is 0.251 e. The molecule has 2 rings (SSSR count). The minimum Gasteiger partial charge on any atom is -0.495 e. The molecule has 0 saturated carbocycles. The van der Waals surface area contributed by atoms with Gasteiger partial charge in [0.2, 0.25) is 0 Å². The van der Waals surface area contributed by atoms with E-state index in [0.29, 0.717) is 22.0 Å². The summed E-state index contributed by atoms with van der Waals surface area (Å²) in [6.45, 7) is 1.91. The van der Waals surface area contributed by atoms with Gasteiger partial charge in [0, 0.05) is 10.6 Å². The number of amides is 1. The molecule has 0 aromatic heterocycles. The van der Waals surface area contributed by atoms with Gasteiger partial charge in [0.25, 0.3) is 5.91 Å². The van der Waals surface area contributed by atoms with Gasteiger partial charge < -0.3 is 15.8 Å². The van der Waals surface area contributed by atoms with Crippen LogP contribution in [0.5, 0.6) is 5.75 Å². The fraction of sp³-hybridized carbons (Fsp3) is 0.188. The van der Waals surface area contributed by atoms with Crippen LogP contribution < -0.4 is 15.8 Å². The second kappa shape index (κ2) is 6.50. The van der Waals surface area contributed by atoms with E-state index in [1.807, 2.05) is 19.1 Å². The zero-order valence-corrected chi connectivity index (χ0v) is 12.6. The Kier molecular flexibility index (Phi) is 4.70. The van der Waals surface area contributed by atoms with Crippen molar-refractivity contribution in [2.75, 3.05) is 12.8 Å². The van der Waals surface area contributed by atoms with E-state index in [4.69, 9.17) is 22.1 Å². The second-order valence-corrected chi connectivity index (χ2v) is 5.14. The van der Waals surface area contributed by atoms with Crippen LogP contribution in [0.1, 0.15) is 28.9 Å². The smallest absolute Gasteiger partial charge is 0.251 e. The van der Waals surface area contributed by atoms with Crippen molar-refractivity contribution in [3.8, 4) is 5.75 Å². The fourth-order valence-corrected chi connectivity index (χ4v) is 2.12. The van der Waals surface area contributed by atoms with Crippen molar-refractivity contribution in [1.29, 1.82) is 0 Å². The van der Waals surface area contributed by atoms with Crippen LogP contribution in [0.25, 0.3) is 0 Å². The molecule has 5 heteroatoms. The van der Waals surface area contributed by atoms with Crippen molar-refractivity contribution >= 4 is 23.2 Å². The molecule has 4 nitrogen and oxygen atoms in total. The number of methoxy groups -OCH3 is 1. The Hall–Kier alpha value is -2.20. The first kappa shape index (κ1) is 15.2. The van der Waals surface area contributed by atoms with Crippen LogP contribution >= 0.6 is 11.6 Å². The number of nitrogens with two attached hydrogens (primary N) is 1. The highest BCUT2D eigenvalue weighted by Crippen LogP contribution is 2.22. The first-order chi connectivity index (χ1) is 10.0. The third-order valence-corrected chi connectivity index (χ3v) is 3.46. The predicted molar refractivity (Wildman–Crippen MR) is 84.7 cm³/mol. The molecule has 1 atom stereocenters. The van der Waals surface area contributed by atoms with Crippen molar-refractivity contribution in [1.82, 2.24) is 5.32 Å². The third-order valence-electron chi connectivity index (χ3n) is 3.21. The summed E-state index contributed by atoms with van der Waals surface area (Å²) in [5.41, 5.74) is 7.72.